The highest BCUT2D eigenvalue weighted by Gasteiger charge is 2.83. The molecule has 4 aliphatic carbocycles. The first-order chi connectivity index (χ1) is 8.22. The third-order valence-corrected chi connectivity index (χ3v) is 6.75. The van der Waals surface area contributed by atoms with Gasteiger partial charge in [-0.2, -0.15) is 0 Å². The lowest BCUT2D eigenvalue weighted by molar-refractivity contribution is -0.264. The standard InChI is InChI=1S/C12H13N3O2/c1-13-11(16)14-9-4-2-3-5-7(4)10(8(5)6(3)9)15(14)12(13)17/h3-10H,2H2,1H3. The lowest BCUT2D eigenvalue weighted by Crippen LogP contribution is -2.73. The van der Waals surface area contributed by atoms with Crippen molar-refractivity contribution >= 4 is 0 Å². The summed E-state index contributed by atoms with van der Waals surface area (Å²) in [5.41, 5.74) is -0.173. The van der Waals surface area contributed by atoms with Gasteiger partial charge in [0.1, 0.15) is 0 Å². The van der Waals surface area contributed by atoms with E-state index in [0.717, 1.165) is 29.6 Å². The van der Waals surface area contributed by atoms with Gasteiger partial charge in [-0.15, -0.1) is 0 Å². The zero-order valence-electron chi connectivity index (χ0n) is 9.48. The molecule has 8 atom stereocenters. The Morgan fingerprint density at radius 3 is 2.24 bits per heavy atom. The second-order valence-corrected chi connectivity index (χ2v) is 6.67. The Bertz CT molecular complexity index is 706. The topological polar surface area (TPSA) is 48.9 Å². The van der Waals surface area contributed by atoms with Crippen molar-refractivity contribution in [1.29, 1.82) is 0 Å². The lowest BCUT2D eigenvalue weighted by Gasteiger charge is -2.73. The molecule has 0 radical (unpaired) electrons. The number of nitrogens with zero attached hydrogens (tertiary/aromatic N) is 3. The van der Waals surface area contributed by atoms with Gasteiger partial charge in [0.15, 0.2) is 0 Å². The molecule has 7 rings (SSSR count). The van der Waals surface area contributed by atoms with E-state index in [1.165, 1.54) is 11.0 Å². The molecular weight excluding hydrogens is 218 g/mol. The molecule has 5 nitrogen and oxygen atoms in total. The van der Waals surface area contributed by atoms with Crippen LogP contribution in [0.4, 0.5) is 0 Å². The highest BCUT2D eigenvalue weighted by molar-refractivity contribution is 5.30. The second-order valence-electron chi connectivity index (χ2n) is 6.67. The van der Waals surface area contributed by atoms with E-state index in [2.05, 4.69) is 0 Å². The van der Waals surface area contributed by atoms with Crippen LogP contribution in [0.3, 0.4) is 0 Å². The summed E-state index contributed by atoms with van der Waals surface area (Å²) in [6, 6.07) is 0.742. The van der Waals surface area contributed by atoms with E-state index in [0.29, 0.717) is 18.0 Å². The molecule has 0 amide bonds. The van der Waals surface area contributed by atoms with Crippen molar-refractivity contribution in [3.63, 3.8) is 0 Å². The molecule has 6 aliphatic rings. The van der Waals surface area contributed by atoms with E-state index < -0.39 is 0 Å². The summed E-state index contributed by atoms with van der Waals surface area (Å²) in [4.78, 5) is 24.3. The van der Waals surface area contributed by atoms with Gasteiger partial charge >= 0.3 is 11.4 Å². The molecule has 17 heavy (non-hydrogen) atoms. The summed E-state index contributed by atoms with van der Waals surface area (Å²) in [6.45, 7) is 0. The van der Waals surface area contributed by atoms with Crippen LogP contribution in [0.5, 0.6) is 0 Å². The Hall–Kier alpha value is -1.26. The molecule has 2 aliphatic heterocycles. The van der Waals surface area contributed by atoms with Crippen LogP contribution in [0.1, 0.15) is 18.5 Å². The van der Waals surface area contributed by atoms with Crippen LogP contribution in [0.25, 0.3) is 0 Å². The van der Waals surface area contributed by atoms with Crippen LogP contribution in [0, 0.1) is 35.5 Å². The Kier molecular flexibility index (Phi) is 0.867. The minimum Gasteiger partial charge on any atom is -0.246 e. The highest BCUT2D eigenvalue weighted by Crippen LogP contribution is 2.85. The minimum atomic E-state index is -0.0873. The third-order valence-electron chi connectivity index (χ3n) is 6.75. The molecule has 0 saturated heterocycles. The van der Waals surface area contributed by atoms with E-state index in [-0.39, 0.29) is 11.4 Å². The summed E-state index contributed by atoms with van der Waals surface area (Å²) >= 11 is 0. The molecule has 1 aromatic rings. The van der Waals surface area contributed by atoms with Gasteiger partial charge in [0.05, 0.1) is 12.1 Å². The first-order valence-electron chi connectivity index (χ1n) is 6.62. The third kappa shape index (κ3) is 0.478. The van der Waals surface area contributed by atoms with E-state index in [1.807, 2.05) is 9.36 Å². The zero-order chi connectivity index (χ0) is 11.2. The lowest BCUT2D eigenvalue weighted by atomic mass is 9.37. The summed E-state index contributed by atoms with van der Waals surface area (Å²) in [7, 11) is 1.61. The zero-order valence-corrected chi connectivity index (χ0v) is 9.48. The number of hydrogen-bond acceptors (Lipinski definition) is 2. The average Bonchev–Trinajstić information content (AvgIpc) is 2.80. The fraction of sp³-hybridized carbons (Fsp3) is 0.833. The van der Waals surface area contributed by atoms with Crippen molar-refractivity contribution in [3.8, 4) is 0 Å². The van der Waals surface area contributed by atoms with Crippen molar-refractivity contribution in [2.45, 2.75) is 18.5 Å². The van der Waals surface area contributed by atoms with Crippen molar-refractivity contribution in [3.05, 3.63) is 21.0 Å². The van der Waals surface area contributed by atoms with Gasteiger partial charge in [-0.05, 0) is 41.9 Å². The monoisotopic (exact) mass is 231 g/mol. The minimum absolute atomic E-state index is 0.0853. The van der Waals surface area contributed by atoms with E-state index in [9.17, 15) is 9.59 Å². The van der Waals surface area contributed by atoms with Crippen molar-refractivity contribution in [1.82, 2.24) is 13.9 Å². The van der Waals surface area contributed by atoms with E-state index in [1.54, 1.807) is 7.05 Å². The van der Waals surface area contributed by atoms with E-state index in [4.69, 9.17) is 0 Å². The molecule has 8 unspecified atom stereocenters. The molecule has 0 spiro atoms. The molecule has 0 aromatic carbocycles. The van der Waals surface area contributed by atoms with Crippen LogP contribution in [-0.2, 0) is 7.05 Å². The SMILES string of the molecule is Cn1c(=O)n2n(c1=O)C1C3C4CC5C3C1C5C42. The second kappa shape index (κ2) is 1.85. The first-order valence-corrected chi connectivity index (χ1v) is 6.62. The Morgan fingerprint density at radius 2 is 1.53 bits per heavy atom. The maximum atomic E-state index is 12.2. The smallest absolute Gasteiger partial charge is 0.246 e. The predicted octanol–water partition coefficient (Wildman–Crippen LogP) is -0.414. The summed E-state index contributed by atoms with van der Waals surface area (Å²) in [5, 5.41) is 0. The van der Waals surface area contributed by atoms with Crippen LogP contribution in [0.2, 0.25) is 0 Å². The van der Waals surface area contributed by atoms with Gasteiger partial charge in [-0.25, -0.2) is 23.5 Å². The van der Waals surface area contributed by atoms with Crippen molar-refractivity contribution < 1.29 is 0 Å². The molecular formula is C12H13N3O2. The molecule has 5 heteroatoms. The summed E-state index contributed by atoms with van der Waals surface area (Å²) in [5.74, 6) is 4.74. The van der Waals surface area contributed by atoms with E-state index >= 15 is 0 Å². The molecule has 4 saturated carbocycles. The normalized spacial score (nSPS) is 57.9. The number of hydrogen-bond donors (Lipinski definition) is 0. The van der Waals surface area contributed by atoms with Gasteiger partial charge in [-0.3, -0.25) is 0 Å². The summed E-state index contributed by atoms with van der Waals surface area (Å²) < 4.78 is 4.93. The number of rotatable bonds is 0. The van der Waals surface area contributed by atoms with Crippen molar-refractivity contribution in [2.75, 3.05) is 0 Å². The average molecular weight is 231 g/mol. The Labute approximate surface area is 96.6 Å². The van der Waals surface area contributed by atoms with Crippen molar-refractivity contribution in [2.24, 2.45) is 42.6 Å². The molecule has 3 heterocycles. The molecule has 4 fully saturated rings. The quantitative estimate of drug-likeness (QED) is 0.609. The van der Waals surface area contributed by atoms with Gasteiger partial charge in [0.2, 0.25) is 0 Å². The van der Waals surface area contributed by atoms with Gasteiger partial charge in [0.25, 0.3) is 0 Å². The highest BCUT2D eigenvalue weighted by atomic mass is 16.2. The molecule has 0 N–H and O–H groups in total. The van der Waals surface area contributed by atoms with Crippen LogP contribution in [-0.4, -0.2) is 13.9 Å². The number of aromatic nitrogens is 3. The first kappa shape index (κ1) is 7.95. The molecule has 4 bridgehead atoms. The Morgan fingerprint density at radius 1 is 0.882 bits per heavy atom. The van der Waals surface area contributed by atoms with Gasteiger partial charge in [0, 0.05) is 7.05 Å². The molecule has 88 valence electrons. The fourth-order valence-corrected chi connectivity index (χ4v) is 6.52. The summed E-state index contributed by atoms with van der Waals surface area (Å²) in [6.07, 6.45) is 1.33. The largest absolute Gasteiger partial charge is 0.347 e. The Balaban J connectivity index is 1.80. The molecule has 1 aromatic heterocycles. The maximum Gasteiger partial charge on any atom is 0.347 e. The van der Waals surface area contributed by atoms with Gasteiger partial charge < -0.3 is 0 Å². The van der Waals surface area contributed by atoms with Crippen LogP contribution < -0.4 is 11.4 Å². The van der Waals surface area contributed by atoms with Crippen LogP contribution in [0.15, 0.2) is 9.59 Å². The fourth-order valence-electron chi connectivity index (χ4n) is 6.52. The van der Waals surface area contributed by atoms with Crippen LogP contribution >= 0.6 is 0 Å². The maximum absolute atomic E-state index is 12.2. The predicted molar refractivity (Wildman–Crippen MR) is 57.6 cm³/mol. The van der Waals surface area contributed by atoms with Gasteiger partial charge in [-0.1, -0.05) is 0 Å².